The number of hydrogen-bond donors (Lipinski definition) is 0. The molecule has 1 unspecified atom stereocenters. The predicted octanol–water partition coefficient (Wildman–Crippen LogP) is 1.19. The summed E-state index contributed by atoms with van der Waals surface area (Å²) in [6.07, 6.45) is -1.20. The molecule has 0 saturated heterocycles. The fraction of sp³-hybridized carbons (Fsp3) is 0.400. The van der Waals surface area contributed by atoms with Crippen molar-refractivity contribution in [2.45, 2.75) is 20.1 Å². The van der Waals surface area contributed by atoms with Gasteiger partial charge in [0.15, 0.2) is 4.83 Å². The molecule has 6 nitrogen and oxygen atoms in total. The lowest BCUT2D eigenvalue weighted by atomic mass is 10.3. The molecule has 2 heterocycles. The molecular weight excluding hydrogens is 261 g/mol. The first-order valence-corrected chi connectivity index (χ1v) is 5.97. The molecule has 2 rings (SSSR count). The van der Waals surface area contributed by atoms with Gasteiger partial charge in [-0.05, 0) is 25.4 Å². The van der Waals surface area contributed by atoms with E-state index in [2.05, 4.69) is 14.1 Å². The van der Waals surface area contributed by atoms with Crippen LogP contribution in [0, 0.1) is 6.92 Å². The minimum atomic E-state index is -2.19. The van der Waals surface area contributed by atoms with Gasteiger partial charge in [-0.15, -0.1) is 0 Å². The largest absolute Gasteiger partial charge is 0.462 e. The summed E-state index contributed by atoms with van der Waals surface area (Å²) in [5.74, 6) is -1.11. The van der Waals surface area contributed by atoms with Gasteiger partial charge in [0.1, 0.15) is 6.33 Å². The van der Waals surface area contributed by atoms with Crippen molar-refractivity contribution in [3.05, 3.63) is 22.4 Å². The van der Waals surface area contributed by atoms with E-state index in [-0.39, 0.29) is 12.0 Å². The van der Waals surface area contributed by atoms with Crippen molar-refractivity contribution in [3.63, 3.8) is 0 Å². The van der Waals surface area contributed by atoms with Gasteiger partial charge in [-0.3, -0.25) is 9.36 Å². The van der Waals surface area contributed by atoms with Crippen LogP contribution in [0.3, 0.4) is 0 Å². The quantitative estimate of drug-likeness (QED) is 0.784. The third-order valence-corrected chi connectivity index (χ3v) is 3.17. The summed E-state index contributed by atoms with van der Waals surface area (Å²) in [6.45, 7) is 3.23. The molecule has 8 heteroatoms. The molecule has 0 aliphatic carbocycles. The van der Waals surface area contributed by atoms with Gasteiger partial charge >= 0.3 is 5.97 Å². The van der Waals surface area contributed by atoms with Gasteiger partial charge in [0.2, 0.25) is 0 Å². The van der Waals surface area contributed by atoms with E-state index in [1.807, 2.05) is 0 Å². The molecule has 2 aromatic rings. The van der Waals surface area contributed by atoms with Crippen molar-refractivity contribution < 1.29 is 13.9 Å². The predicted molar refractivity (Wildman–Crippen MR) is 63.2 cm³/mol. The third kappa shape index (κ3) is 1.99. The Kier molecular flexibility index (Phi) is 3.37. The van der Waals surface area contributed by atoms with Crippen LogP contribution < -0.4 is 5.56 Å². The maximum absolute atomic E-state index is 13.8. The number of carbonyl (C=O) groups is 1. The maximum Gasteiger partial charge on any atom is 0.362 e. The highest BCUT2D eigenvalue weighted by molar-refractivity contribution is 7.12. The van der Waals surface area contributed by atoms with Gasteiger partial charge in [-0.1, -0.05) is 0 Å². The van der Waals surface area contributed by atoms with Gasteiger partial charge in [0.25, 0.3) is 11.9 Å². The zero-order valence-electron chi connectivity index (χ0n) is 9.71. The van der Waals surface area contributed by atoms with Gasteiger partial charge < -0.3 is 4.74 Å². The molecule has 0 bridgehead atoms. The number of hydrogen-bond acceptors (Lipinski definition) is 6. The van der Waals surface area contributed by atoms with Gasteiger partial charge in [-0.2, -0.15) is 4.37 Å². The van der Waals surface area contributed by atoms with E-state index in [4.69, 9.17) is 0 Å². The molecule has 0 aliphatic rings. The molecule has 0 fully saturated rings. The average molecular weight is 271 g/mol. The van der Waals surface area contributed by atoms with E-state index >= 15 is 0 Å². The normalized spacial score (nSPS) is 12.6. The van der Waals surface area contributed by atoms with E-state index in [1.54, 1.807) is 13.8 Å². The molecule has 0 amide bonds. The number of aromatic nitrogens is 3. The number of ether oxygens (including phenoxy) is 1. The van der Waals surface area contributed by atoms with Crippen LogP contribution in [0.2, 0.25) is 0 Å². The Morgan fingerprint density at radius 1 is 1.67 bits per heavy atom. The lowest BCUT2D eigenvalue weighted by molar-refractivity contribution is -0.153. The van der Waals surface area contributed by atoms with Crippen LogP contribution >= 0.6 is 11.5 Å². The zero-order valence-corrected chi connectivity index (χ0v) is 10.5. The lowest BCUT2D eigenvalue weighted by Gasteiger charge is -2.09. The minimum absolute atomic E-state index is 0.0444. The van der Waals surface area contributed by atoms with E-state index in [0.717, 1.165) is 17.9 Å². The second-order valence-corrected chi connectivity index (χ2v) is 4.24. The molecular formula is C10H10FN3O3S. The zero-order chi connectivity index (χ0) is 13.3. The molecule has 2 aromatic heterocycles. The number of halogens is 1. The van der Waals surface area contributed by atoms with Crippen LogP contribution in [0.4, 0.5) is 4.39 Å². The van der Waals surface area contributed by atoms with Crippen molar-refractivity contribution >= 4 is 27.7 Å². The number of alkyl halides is 1. The monoisotopic (exact) mass is 271 g/mol. The Balaban J connectivity index is 2.52. The molecule has 0 radical (unpaired) electrons. The van der Waals surface area contributed by atoms with Crippen LogP contribution in [-0.4, -0.2) is 26.5 Å². The number of esters is 1. The maximum atomic E-state index is 13.8. The highest BCUT2D eigenvalue weighted by Crippen LogP contribution is 2.17. The molecule has 18 heavy (non-hydrogen) atoms. The third-order valence-electron chi connectivity index (χ3n) is 2.32. The summed E-state index contributed by atoms with van der Waals surface area (Å²) < 4.78 is 22.9. The number of aryl methyl sites for hydroxylation is 1. The van der Waals surface area contributed by atoms with Crippen molar-refractivity contribution in [2.75, 3.05) is 6.61 Å². The standard InChI is InChI=1S/C10H10FN3O3S/c1-3-17-10(16)7(11)14-4-12-8-6(9(14)15)5(2)13-18-8/h4,7H,3H2,1-2H3. The van der Waals surface area contributed by atoms with E-state index < -0.39 is 17.8 Å². The molecule has 0 aliphatic heterocycles. The Morgan fingerprint density at radius 3 is 3.06 bits per heavy atom. The summed E-state index contributed by atoms with van der Waals surface area (Å²) in [7, 11) is 0. The molecule has 0 N–H and O–H groups in total. The Hall–Kier alpha value is -1.83. The first-order chi connectivity index (χ1) is 8.56. The SMILES string of the molecule is CCOC(=O)C(F)n1cnc2snc(C)c2c1=O. The van der Waals surface area contributed by atoms with Crippen molar-refractivity contribution in [3.8, 4) is 0 Å². The number of fused-ring (bicyclic) bond motifs is 1. The molecule has 96 valence electrons. The Morgan fingerprint density at radius 2 is 2.39 bits per heavy atom. The van der Waals surface area contributed by atoms with Crippen molar-refractivity contribution in [2.24, 2.45) is 0 Å². The van der Waals surface area contributed by atoms with Crippen LogP contribution in [0.25, 0.3) is 10.2 Å². The van der Waals surface area contributed by atoms with Crippen molar-refractivity contribution in [1.82, 2.24) is 13.9 Å². The van der Waals surface area contributed by atoms with Crippen LogP contribution in [0.15, 0.2) is 11.1 Å². The Labute approximate surface area is 105 Å². The van der Waals surface area contributed by atoms with E-state index in [1.165, 1.54) is 0 Å². The second-order valence-electron chi connectivity index (χ2n) is 3.49. The van der Waals surface area contributed by atoms with Gasteiger partial charge in [0, 0.05) is 0 Å². The number of nitrogens with zero attached hydrogens (tertiary/aromatic N) is 3. The minimum Gasteiger partial charge on any atom is -0.462 e. The highest BCUT2D eigenvalue weighted by atomic mass is 32.1. The second kappa shape index (κ2) is 4.81. The lowest BCUT2D eigenvalue weighted by Crippen LogP contribution is -2.28. The van der Waals surface area contributed by atoms with Crippen LogP contribution in [0.5, 0.6) is 0 Å². The molecule has 0 saturated carbocycles. The first-order valence-electron chi connectivity index (χ1n) is 5.20. The molecule has 0 spiro atoms. The van der Waals surface area contributed by atoms with E-state index in [9.17, 15) is 14.0 Å². The van der Waals surface area contributed by atoms with Crippen LogP contribution in [0.1, 0.15) is 18.9 Å². The fourth-order valence-electron chi connectivity index (χ4n) is 1.47. The first kappa shape index (κ1) is 12.6. The fourth-order valence-corrected chi connectivity index (χ4v) is 2.21. The highest BCUT2D eigenvalue weighted by Gasteiger charge is 2.23. The number of rotatable bonds is 3. The molecule has 1 atom stereocenters. The van der Waals surface area contributed by atoms with E-state index in [0.29, 0.717) is 15.1 Å². The summed E-state index contributed by atoms with van der Waals surface area (Å²) >= 11 is 1.05. The molecule has 0 aromatic carbocycles. The summed E-state index contributed by atoms with van der Waals surface area (Å²) in [5, 5.41) is 0.231. The topological polar surface area (TPSA) is 74.1 Å². The number of carbonyl (C=O) groups excluding carboxylic acids is 1. The summed E-state index contributed by atoms with van der Waals surface area (Å²) in [5.41, 5.74) is -0.162. The van der Waals surface area contributed by atoms with Gasteiger partial charge in [-0.25, -0.2) is 14.2 Å². The summed E-state index contributed by atoms with van der Waals surface area (Å²) in [4.78, 5) is 27.6. The van der Waals surface area contributed by atoms with Crippen LogP contribution in [-0.2, 0) is 9.53 Å². The smallest absolute Gasteiger partial charge is 0.362 e. The van der Waals surface area contributed by atoms with Gasteiger partial charge in [0.05, 0.1) is 17.7 Å². The average Bonchev–Trinajstić information content (AvgIpc) is 2.72. The van der Waals surface area contributed by atoms with Crippen molar-refractivity contribution in [1.29, 1.82) is 0 Å². The Bertz CT molecular complexity index is 651. The summed E-state index contributed by atoms with van der Waals surface area (Å²) in [6, 6.07) is 0.